The van der Waals surface area contributed by atoms with Crippen LogP contribution in [0.4, 0.5) is 5.13 Å². The minimum atomic E-state index is -3.93. The van der Waals surface area contributed by atoms with E-state index in [4.69, 9.17) is 5.11 Å². The van der Waals surface area contributed by atoms with Crippen molar-refractivity contribution >= 4 is 32.5 Å². The lowest BCUT2D eigenvalue weighted by molar-refractivity contribution is 0.0696. The van der Waals surface area contributed by atoms with Crippen molar-refractivity contribution in [3.8, 4) is 11.3 Å². The molecule has 0 aliphatic rings. The lowest BCUT2D eigenvalue weighted by atomic mass is 9.99. The van der Waals surface area contributed by atoms with E-state index >= 15 is 0 Å². The van der Waals surface area contributed by atoms with Gasteiger partial charge < -0.3 is 5.11 Å². The van der Waals surface area contributed by atoms with Gasteiger partial charge in [-0.2, -0.15) is 0 Å². The van der Waals surface area contributed by atoms with E-state index in [1.54, 1.807) is 5.38 Å². The molecule has 2 aromatic carbocycles. The van der Waals surface area contributed by atoms with Gasteiger partial charge in [0.05, 0.1) is 16.2 Å². The monoisotopic (exact) mass is 402 g/mol. The molecule has 140 valence electrons. The fourth-order valence-corrected chi connectivity index (χ4v) is 4.66. The number of carboxylic acids is 1. The van der Waals surface area contributed by atoms with Crippen LogP contribution >= 0.6 is 11.3 Å². The number of hydrogen-bond donors (Lipinski definition) is 2. The van der Waals surface area contributed by atoms with Gasteiger partial charge in [-0.1, -0.05) is 12.1 Å². The highest BCUT2D eigenvalue weighted by Gasteiger charge is 2.18. The molecule has 2 N–H and O–H groups in total. The first kappa shape index (κ1) is 19.1. The first-order valence-electron chi connectivity index (χ1n) is 8.07. The zero-order valence-corrected chi connectivity index (χ0v) is 16.6. The van der Waals surface area contributed by atoms with Crippen LogP contribution in [0.15, 0.2) is 46.7 Å². The topological polar surface area (TPSA) is 96.4 Å². The highest BCUT2D eigenvalue weighted by atomic mass is 32.2. The van der Waals surface area contributed by atoms with Crippen molar-refractivity contribution in [1.29, 1.82) is 0 Å². The number of aryl methyl sites for hydroxylation is 3. The maximum absolute atomic E-state index is 12.6. The Morgan fingerprint density at radius 3 is 2.48 bits per heavy atom. The van der Waals surface area contributed by atoms with Crippen molar-refractivity contribution in [1.82, 2.24) is 4.98 Å². The van der Waals surface area contributed by atoms with Gasteiger partial charge in [0.1, 0.15) is 0 Å². The predicted molar refractivity (Wildman–Crippen MR) is 106 cm³/mol. The van der Waals surface area contributed by atoms with E-state index in [2.05, 4.69) is 15.8 Å². The normalized spacial score (nSPS) is 11.4. The molecular weight excluding hydrogens is 384 g/mol. The Balaban J connectivity index is 1.91. The third-order valence-electron chi connectivity index (χ3n) is 4.23. The number of rotatable bonds is 5. The zero-order chi connectivity index (χ0) is 19.8. The summed E-state index contributed by atoms with van der Waals surface area (Å²) in [5.41, 5.74) is 4.93. The molecule has 3 rings (SSSR count). The second-order valence-corrected chi connectivity index (χ2v) is 8.77. The van der Waals surface area contributed by atoms with Gasteiger partial charge in [-0.25, -0.2) is 18.2 Å². The summed E-state index contributed by atoms with van der Waals surface area (Å²) in [5, 5.41) is 11.1. The number of benzene rings is 2. The van der Waals surface area contributed by atoms with Crippen molar-refractivity contribution in [2.75, 3.05) is 4.72 Å². The molecule has 27 heavy (non-hydrogen) atoms. The van der Waals surface area contributed by atoms with Gasteiger partial charge in [0.2, 0.25) is 0 Å². The second-order valence-electron chi connectivity index (χ2n) is 6.23. The summed E-state index contributed by atoms with van der Waals surface area (Å²) in [6.45, 7) is 6.05. The molecular formula is C19H18N2O4S2. The summed E-state index contributed by atoms with van der Waals surface area (Å²) in [7, 11) is -3.93. The summed E-state index contributed by atoms with van der Waals surface area (Å²) in [4.78, 5) is 15.3. The number of carbonyl (C=O) groups is 1. The molecule has 0 bridgehead atoms. The van der Waals surface area contributed by atoms with Gasteiger partial charge in [-0.3, -0.25) is 4.72 Å². The number of thiazole rings is 1. The molecule has 0 aliphatic carbocycles. The molecule has 0 amide bonds. The lowest BCUT2D eigenvalue weighted by Crippen LogP contribution is -2.13. The molecule has 0 saturated carbocycles. The molecule has 0 unspecified atom stereocenters. The van der Waals surface area contributed by atoms with Crippen LogP contribution in [0.5, 0.6) is 0 Å². The first-order chi connectivity index (χ1) is 12.7. The third kappa shape index (κ3) is 4.01. The number of aromatic carboxylic acids is 1. The highest BCUT2D eigenvalue weighted by Crippen LogP contribution is 2.30. The third-order valence-corrected chi connectivity index (χ3v) is 6.46. The van der Waals surface area contributed by atoms with Crippen LogP contribution in [0.1, 0.15) is 27.0 Å². The standard InChI is InChI=1S/C19H18N2O4S2/c1-11-7-13(3)16(8-12(11)2)17-10-26-19(20-17)21-27(24,25)15-6-4-5-14(9-15)18(22)23/h4-10H,1-3H3,(H,20,21)(H,22,23). The number of nitrogens with zero attached hydrogens (tertiary/aromatic N) is 1. The van der Waals surface area contributed by atoms with Crippen molar-refractivity contribution in [3.63, 3.8) is 0 Å². The molecule has 0 spiro atoms. The van der Waals surface area contributed by atoms with Gasteiger partial charge in [0, 0.05) is 10.9 Å². The molecule has 6 nitrogen and oxygen atoms in total. The predicted octanol–water partition coefficient (Wildman–Crippen LogP) is 4.23. The summed E-state index contributed by atoms with van der Waals surface area (Å²) in [6, 6.07) is 9.30. The van der Waals surface area contributed by atoms with Crippen LogP contribution in [-0.4, -0.2) is 24.5 Å². The van der Waals surface area contributed by atoms with Gasteiger partial charge in [-0.15, -0.1) is 11.3 Å². The maximum atomic E-state index is 12.6. The van der Waals surface area contributed by atoms with E-state index < -0.39 is 16.0 Å². The minimum Gasteiger partial charge on any atom is -0.478 e. The second kappa shape index (κ2) is 7.13. The Hall–Kier alpha value is -2.71. The maximum Gasteiger partial charge on any atom is 0.335 e. The van der Waals surface area contributed by atoms with E-state index in [1.807, 2.05) is 26.8 Å². The van der Waals surface area contributed by atoms with Crippen molar-refractivity contribution in [3.05, 3.63) is 64.0 Å². The van der Waals surface area contributed by atoms with Gasteiger partial charge >= 0.3 is 5.97 Å². The van der Waals surface area contributed by atoms with Crippen molar-refractivity contribution < 1.29 is 18.3 Å². The Bertz CT molecular complexity index is 1130. The van der Waals surface area contributed by atoms with E-state index in [1.165, 1.54) is 35.1 Å². The summed E-state index contributed by atoms with van der Waals surface area (Å²) in [5.74, 6) is -1.19. The van der Waals surface area contributed by atoms with E-state index in [9.17, 15) is 13.2 Å². The number of aromatic nitrogens is 1. The smallest absolute Gasteiger partial charge is 0.335 e. The van der Waals surface area contributed by atoms with Crippen LogP contribution in [0.2, 0.25) is 0 Å². The summed E-state index contributed by atoms with van der Waals surface area (Å²) >= 11 is 1.18. The fourth-order valence-electron chi connectivity index (χ4n) is 2.65. The van der Waals surface area contributed by atoms with Crippen LogP contribution in [0, 0.1) is 20.8 Å². The van der Waals surface area contributed by atoms with E-state index in [-0.39, 0.29) is 15.6 Å². The lowest BCUT2D eigenvalue weighted by Gasteiger charge is -2.08. The van der Waals surface area contributed by atoms with Crippen LogP contribution in [0.3, 0.4) is 0 Å². The SMILES string of the molecule is Cc1cc(C)c(-c2csc(NS(=O)(=O)c3cccc(C(=O)O)c3)n2)cc1C. The summed E-state index contributed by atoms with van der Waals surface area (Å²) in [6.07, 6.45) is 0. The first-order valence-corrected chi connectivity index (χ1v) is 10.4. The number of sulfonamides is 1. The Kier molecular flexibility index (Phi) is 5.03. The Labute approximate surface area is 161 Å². The van der Waals surface area contributed by atoms with E-state index in [0.29, 0.717) is 5.69 Å². The Morgan fingerprint density at radius 2 is 1.78 bits per heavy atom. The highest BCUT2D eigenvalue weighted by molar-refractivity contribution is 7.93. The van der Waals surface area contributed by atoms with Crippen LogP contribution < -0.4 is 4.72 Å². The number of carboxylic acid groups (broad SMARTS) is 1. The molecule has 1 aromatic heterocycles. The average molecular weight is 402 g/mol. The van der Waals surface area contributed by atoms with Gasteiger partial charge in [0.25, 0.3) is 10.0 Å². The minimum absolute atomic E-state index is 0.0940. The molecule has 8 heteroatoms. The number of hydrogen-bond acceptors (Lipinski definition) is 5. The molecule has 0 saturated heterocycles. The molecule has 0 radical (unpaired) electrons. The largest absolute Gasteiger partial charge is 0.478 e. The van der Waals surface area contributed by atoms with E-state index in [0.717, 1.165) is 22.8 Å². The Morgan fingerprint density at radius 1 is 1.07 bits per heavy atom. The molecule has 0 atom stereocenters. The summed E-state index contributed by atoms with van der Waals surface area (Å²) < 4.78 is 27.5. The van der Waals surface area contributed by atoms with Crippen LogP contribution in [-0.2, 0) is 10.0 Å². The zero-order valence-electron chi connectivity index (χ0n) is 15.0. The van der Waals surface area contributed by atoms with Crippen LogP contribution in [0.25, 0.3) is 11.3 Å². The van der Waals surface area contributed by atoms with Crippen molar-refractivity contribution in [2.24, 2.45) is 0 Å². The molecule has 3 aromatic rings. The average Bonchev–Trinajstić information content (AvgIpc) is 3.05. The molecule has 1 heterocycles. The number of nitrogens with one attached hydrogen (secondary N) is 1. The fraction of sp³-hybridized carbons (Fsp3) is 0.158. The van der Waals surface area contributed by atoms with Gasteiger partial charge in [-0.05, 0) is 61.7 Å². The quantitative estimate of drug-likeness (QED) is 0.666. The number of anilines is 1. The van der Waals surface area contributed by atoms with Gasteiger partial charge in [0.15, 0.2) is 5.13 Å². The van der Waals surface area contributed by atoms with Crippen molar-refractivity contribution in [2.45, 2.75) is 25.7 Å². The molecule has 0 fully saturated rings. The molecule has 0 aliphatic heterocycles.